The maximum absolute atomic E-state index is 13.5. The van der Waals surface area contributed by atoms with Gasteiger partial charge in [-0.3, -0.25) is 14.2 Å². The molecule has 1 amide bonds. The van der Waals surface area contributed by atoms with Crippen molar-refractivity contribution >= 4 is 34.5 Å². The molecule has 0 aliphatic rings. The van der Waals surface area contributed by atoms with E-state index in [1.807, 2.05) is 67.6 Å². The minimum atomic E-state index is -0.509. The molecule has 0 atom stereocenters. The number of hydrogen-bond donors (Lipinski definition) is 0. The Hall–Kier alpha value is -3.91. The Kier molecular flexibility index (Phi) is 7.62. The topological polar surface area (TPSA) is 81.5 Å². The Morgan fingerprint density at radius 1 is 1.00 bits per heavy atom. The third-order valence-electron chi connectivity index (χ3n) is 5.55. The number of rotatable bonds is 8. The summed E-state index contributed by atoms with van der Waals surface area (Å²) in [6, 6.07) is 23.6. The molecule has 4 rings (SSSR count). The quantitative estimate of drug-likeness (QED) is 0.209. The summed E-state index contributed by atoms with van der Waals surface area (Å²) in [5.41, 5.74) is 2.10. The molecule has 178 valence electrons. The number of amides is 1. The van der Waals surface area contributed by atoms with Crippen molar-refractivity contribution < 1.29 is 14.3 Å². The number of carbonyl (C=O) groups is 2. The second-order valence-corrected chi connectivity index (χ2v) is 8.72. The molecule has 1 heterocycles. The summed E-state index contributed by atoms with van der Waals surface area (Å²) in [5.74, 6) is -0.453. The minimum Gasteiger partial charge on any atom is -0.465 e. The Bertz CT molecular complexity index is 1400. The van der Waals surface area contributed by atoms with E-state index in [1.165, 1.54) is 29.5 Å². The van der Waals surface area contributed by atoms with E-state index in [-0.39, 0.29) is 17.2 Å². The number of esters is 1. The first-order valence-electron chi connectivity index (χ1n) is 11.2. The van der Waals surface area contributed by atoms with Crippen LogP contribution in [0.15, 0.2) is 88.8 Å². The number of hydrogen-bond acceptors (Lipinski definition) is 6. The van der Waals surface area contributed by atoms with Crippen LogP contribution >= 0.6 is 11.8 Å². The van der Waals surface area contributed by atoms with Crippen LogP contribution in [0, 0.1) is 0 Å². The lowest BCUT2D eigenvalue weighted by Gasteiger charge is -2.21. The van der Waals surface area contributed by atoms with Crippen LogP contribution in [0.3, 0.4) is 0 Å². The highest BCUT2D eigenvalue weighted by molar-refractivity contribution is 7.99. The van der Waals surface area contributed by atoms with Crippen LogP contribution in [0.1, 0.15) is 22.8 Å². The number of aromatic nitrogens is 2. The van der Waals surface area contributed by atoms with Crippen molar-refractivity contribution in [1.29, 1.82) is 0 Å². The number of carbonyl (C=O) groups excluding carboxylic acids is 2. The summed E-state index contributed by atoms with van der Waals surface area (Å²) >= 11 is 1.20. The molecule has 8 heteroatoms. The van der Waals surface area contributed by atoms with Gasteiger partial charge in [0.25, 0.3) is 5.56 Å². The van der Waals surface area contributed by atoms with E-state index in [0.717, 1.165) is 5.56 Å². The van der Waals surface area contributed by atoms with Crippen molar-refractivity contribution in [1.82, 2.24) is 14.5 Å². The molecular formula is C27H25N3O4S. The molecule has 0 bridgehead atoms. The first-order chi connectivity index (χ1) is 17.0. The van der Waals surface area contributed by atoms with Crippen LogP contribution in [-0.4, -0.2) is 45.7 Å². The van der Waals surface area contributed by atoms with Gasteiger partial charge in [-0.1, -0.05) is 60.3 Å². The Morgan fingerprint density at radius 2 is 1.69 bits per heavy atom. The molecule has 0 spiro atoms. The third-order valence-corrected chi connectivity index (χ3v) is 6.47. The second-order valence-electron chi connectivity index (χ2n) is 7.78. The molecule has 0 saturated heterocycles. The van der Waals surface area contributed by atoms with Gasteiger partial charge in [-0.15, -0.1) is 0 Å². The highest BCUT2D eigenvalue weighted by Gasteiger charge is 2.18. The monoisotopic (exact) mass is 487 g/mol. The third kappa shape index (κ3) is 5.44. The van der Waals surface area contributed by atoms with Gasteiger partial charge in [-0.05, 0) is 42.8 Å². The van der Waals surface area contributed by atoms with E-state index in [0.29, 0.717) is 40.4 Å². The van der Waals surface area contributed by atoms with Crippen LogP contribution < -0.4 is 5.56 Å². The normalized spacial score (nSPS) is 10.8. The highest BCUT2D eigenvalue weighted by atomic mass is 32.2. The van der Waals surface area contributed by atoms with Gasteiger partial charge in [0.1, 0.15) is 0 Å². The lowest BCUT2D eigenvalue weighted by atomic mass is 10.1. The number of fused-ring (bicyclic) bond motifs is 1. The number of thioether (sulfide) groups is 1. The smallest absolute Gasteiger partial charge is 0.337 e. The van der Waals surface area contributed by atoms with Gasteiger partial charge in [0.15, 0.2) is 5.16 Å². The average molecular weight is 488 g/mol. The number of methoxy groups -OCH3 is 1. The maximum Gasteiger partial charge on any atom is 0.337 e. The van der Waals surface area contributed by atoms with Gasteiger partial charge >= 0.3 is 5.97 Å². The van der Waals surface area contributed by atoms with E-state index in [1.54, 1.807) is 17.0 Å². The lowest BCUT2D eigenvalue weighted by molar-refractivity contribution is -0.128. The number of benzene rings is 3. The molecule has 0 aliphatic heterocycles. The molecule has 4 aromatic rings. The molecule has 0 fully saturated rings. The Balaban J connectivity index is 1.69. The summed E-state index contributed by atoms with van der Waals surface area (Å²) in [6.07, 6.45) is 0. The summed E-state index contributed by atoms with van der Waals surface area (Å²) in [5, 5.41) is 0.747. The molecule has 3 aromatic carbocycles. The lowest BCUT2D eigenvalue weighted by Crippen LogP contribution is -2.32. The van der Waals surface area contributed by atoms with Gasteiger partial charge in [0, 0.05) is 13.1 Å². The zero-order chi connectivity index (χ0) is 24.8. The van der Waals surface area contributed by atoms with Crippen molar-refractivity contribution in [2.75, 3.05) is 19.4 Å². The number of nitrogens with zero attached hydrogens (tertiary/aromatic N) is 3. The molecule has 0 unspecified atom stereocenters. The van der Waals surface area contributed by atoms with Crippen molar-refractivity contribution in [3.05, 3.63) is 100 Å². The van der Waals surface area contributed by atoms with E-state index in [9.17, 15) is 14.4 Å². The van der Waals surface area contributed by atoms with Crippen LogP contribution in [0.5, 0.6) is 0 Å². The summed E-state index contributed by atoms with van der Waals surface area (Å²) in [6.45, 7) is 3.01. The van der Waals surface area contributed by atoms with Gasteiger partial charge in [-0.25, -0.2) is 9.78 Å². The Morgan fingerprint density at radius 3 is 2.34 bits per heavy atom. The van der Waals surface area contributed by atoms with Crippen LogP contribution in [-0.2, 0) is 16.1 Å². The van der Waals surface area contributed by atoms with Crippen molar-refractivity contribution in [2.24, 2.45) is 0 Å². The summed E-state index contributed by atoms with van der Waals surface area (Å²) in [7, 11) is 1.30. The summed E-state index contributed by atoms with van der Waals surface area (Å²) in [4.78, 5) is 45.0. The van der Waals surface area contributed by atoms with E-state index >= 15 is 0 Å². The molecule has 7 nitrogen and oxygen atoms in total. The molecule has 0 radical (unpaired) electrons. The molecule has 0 aliphatic carbocycles. The molecule has 0 saturated carbocycles. The predicted molar refractivity (Wildman–Crippen MR) is 137 cm³/mol. The minimum absolute atomic E-state index is 0.0568. The zero-order valence-electron chi connectivity index (χ0n) is 19.5. The van der Waals surface area contributed by atoms with Crippen molar-refractivity contribution in [3.8, 4) is 5.69 Å². The highest BCUT2D eigenvalue weighted by Crippen LogP contribution is 2.23. The fourth-order valence-corrected chi connectivity index (χ4v) is 4.62. The van der Waals surface area contributed by atoms with Crippen molar-refractivity contribution in [2.45, 2.75) is 18.6 Å². The largest absolute Gasteiger partial charge is 0.465 e. The van der Waals surface area contributed by atoms with Crippen LogP contribution in [0.25, 0.3) is 16.6 Å². The second kappa shape index (κ2) is 11.0. The van der Waals surface area contributed by atoms with Gasteiger partial charge in [0.2, 0.25) is 5.91 Å². The average Bonchev–Trinajstić information content (AvgIpc) is 2.90. The fourth-order valence-electron chi connectivity index (χ4n) is 3.71. The first-order valence-corrected chi connectivity index (χ1v) is 12.2. The Labute approximate surface area is 207 Å². The molecule has 0 N–H and O–H groups in total. The van der Waals surface area contributed by atoms with Crippen molar-refractivity contribution in [3.63, 3.8) is 0 Å². The standard InChI is InChI=1S/C27H25N3O4S/c1-3-29(17-19-10-6-4-7-11-19)24(31)18-35-27-28-23-16-20(26(33)34-2)14-15-22(23)25(32)30(27)21-12-8-5-9-13-21/h4-16H,3,17-18H2,1-2H3. The molecule has 1 aromatic heterocycles. The molecular weight excluding hydrogens is 462 g/mol. The van der Waals surface area contributed by atoms with Gasteiger partial charge in [0.05, 0.1) is 35.0 Å². The number of ether oxygens (including phenoxy) is 1. The van der Waals surface area contributed by atoms with E-state index in [4.69, 9.17) is 4.74 Å². The summed E-state index contributed by atoms with van der Waals surface area (Å²) < 4.78 is 6.31. The molecule has 35 heavy (non-hydrogen) atoms. The zero-order valence-corrected chi connectivity index (χ0v) is 20.3. The van der Waals surface area contributed by atoms with Gasteiger partial charge < -0.3 is 9.64 Å². The SMILES string of the molecule is CCN(Cc1ccccc1)C(=O)CSc1nc2cc(C(=O)OC)ccc2c(=O)n1-c1ccccc1. The van der Waals surface area contributed by atoms with Crippen LogP contribution in [0.2, 0.25) is 0 Å². The maximum atomic E-state index is 13.5. The van der Waals surface area contributed by atoms with E-state index < -0.39 is 5.97 Å². The predicted octanol–water partition coefficient (Wildman–Crippen LogP) is 4.31. The first kappa shape index (κ1) is 24.2. The number of para-hydroxylation sites is 1. The van der Waals surface area contributed by atoms with Gasteiger partial charge in [-0.2, -0.15) is 0 Å². The fraction of sp³-hybridized carbons (Fsp3) is 0.185. The van der Waals surface area contributed by atoms with Crippen LogP contribution in [0.4, 0.5) is 0 Å². The van der Waals surface area contributed by atoms with E-state index in [2.05, 4.69) is 4.98 Å².